The van der Waals surface area contributed by atoms with Crippen LogP contribution in [-0.2, 0) is 20.6 Å². The number of hydrogen-bond acceptors (Lipinski definition) is 5. The molecular weight excluding hydrogens is 312 g/mol. The van der Waals surface area contributed by atoms with Gasteiger partial charge in [0.25, 0.3) is 5.91 Å². The predicted octanol–water partition coefficient (Wildman–Crippen LogP) is 1.65. The van der Waals surface area contributed by atoms with E-state index in [1.54, 1.807) is 11.8 Å². The largest absolute Gasteiger partial charge is 0.465 e. The van der Waals surface area contributed by atoms with Gasteiger partial charge in [-0.1, -0.05) is 6.92 Å². The van der Waals surface area contributed by atoms with Gasteiger partial charge in [-0.2, -0.15) is 0 Å². The number of carbonyl (C=O) groups is 2. The van der Waals surface area contributed by atoms with Gasteiger partial charge in [-0.05, 0) is 18.9 Å². The molecule has 0 saturated carbocycles. The molecule has 1 amide bonds. The van der Waals surface area contributed by atoms with Crippen molar-refractivity contribution < 1.29 is 23.8 Å². The maximum Gasteiger partial charge on any atom is 0.339 e. The van der Waals surface area contributed by atoms with E-state index in [-0.39, 0.29) is 5.91 Å². The highest BCUT2D eigenvalue weighted by Gasteiger charge is 2.41. The molecule has 3 heterocycles. The van der Waals surface area contributed by atoms with Crippen LogP contribution in [0.15, 0.2) is 0 Å². The Kier molecular flexibility index (Phi) is 4.64. The van der Waals surface area contributed by atoms with Gasteiger partial charge >= 0.3 is 5.97 Å². The molecule has 2 aliphatic rings. The van der Waals surface area contributed by atoms with Gasteiger partial charge in [0.2, 0.25) is 0 Å². The second-order valence-electron chi connectivity index (χ2n) is 6.22. The molecule has 0 atom stereocenters. The van der Waals surface area contributed by atoms with Gasteiger partial charge in [0.1, 0.15) is 5.69 Å². The zero-order chi connectivity index (χ0) is 17.3. The number of H-pyrrole nitrogens is 1. The van der Waals surface area contributed by atoms with Gasteiger partial charge in [0.15, 0.2) is 5.79 Å². The van der Waals surface area contributed by atoms with Crippen LogP contribution in [0.2, 0.25) is 0 Å². The number of nitrogens with one attached hydrogen (secondary N) is 1. The summed E-state index contributed by atoms with van der Waals surface area (Å²) in [5.41, 5.74) is 2.33. The van der Waals surface area contributed by atoms with Gasteiger partial charge in [-0.3, -0.25) is 4.79 Å². The normalized spacial score (nSPS) is 19.7. The van der Waals surface area contributed by atoms with E-state index in [1.165, 1.54) is 7.11 Å². The lowest BCUT2D eigenvalue weighted by Crippen LogP contribution is -2.47. The highest BCUT2D eigenvalue weighted by atomic mass is 16.7. The van der Waals surface area contributed by atoms with E-state index in [1.807, 2.05) is 6.92 Å². The summed E-state index contributed by atoms with van der Waals surface area (Å²) >= 11 is 0. The van der Waals surface area contributed by atoms with Crippen LogP contribution in [0.4, 0.5) is 0 Å². The minimum Gasteiger partial charge on any atom is -0.465 e. The Bertz CT molecular complexity index is 636. The fourth-order valence-electron chi connectivity index (χ4n) is 3.51. The number of carbonyl (C=O) groups excluding carboxylic acids is 2. The smallest absolute Gasteiger partial charge is 0.339 e. The number of piperidine rings is 1. The van der Waals surface area contributed by atoms with Crippen molar-refractivity contribution in [1.82, 2.24) is 9.88 Å². The molecule has 7 nitrogen and oxygen atoms in total. The number of ether oxygens (including phenoxy) is 3. The summed E-state index contributed by atoms with van der Waals surface area (Å²) in [4.78, 5) is 29.8. The number of amides is 1. The molecule has 0 radical (unpaired) electrons. The van der Waals surface area contributed by atoms with E-state index >= 15 is 0 Å². The fraction of sp³-hybridized carbons (Fsp3) is 0.647. The molecule has 0 bridgehead atoms. The predicted molar refractivity (Wildman–Crippen MR) is 86.0 cm³/mol. The number of hydrogen-bond donors (Lipinski definition) is 1. The summed E-state index contributed by atoms with van der Waals surface area (Å²) < 4.78 is 16.2. The van der Waals surface area contributed by atoms with Crippen LogP contribution < -0.4 is 0 Å². The highest BCUT2D eigenvalue weighted by Crippen LogP contribution is 2.32. The topological polar surface area (TPSA) is 80.9 Å². The van der Waals surface area contributed by atoms with Crippen molar-refractivity contribution in [2.24, 2.45) is 0 Å². The number of methoxy groups -OCH3 is 1. The van der Waals surface area contributed by atoms with Crippen molar-refractivity contribution in [3.63, 3.8) is 0 Å². The average molecular weight is 336 g/mol. The minimum atomic E-state index is -0.507. The second kappa shape index (κ2) is 6.57. The van der Waals surface area contributed by atoms with Crippen LogP contribution in [0.25, 0.3) is 0 Å². The van der Waals surface area contributed by atoms with Crippen molar-refractivity contribution >= 4 is 11.9 Å². The lowest BCUT2D eigenvalue weighted by atomic mass is 10.0. The number of aromatic amines is 1. The molecule has 0 unspecified atom stereocenters. The first-order valence-electron chi connectivity index (χ1n) is 8.38. The Morgan fingerprint density at radius 1 is 1.25 bits per heavy atom. The Labute approximate surface area is 141 Å². The molecule has 2 fully saturated rings. The summed E-state index contributed by atoms with van der Waals surface area (Å²) in [6.45, 7) is 6.10. The Hall–Kier alpha value is -1.86. The third-order valence-electron chi connectivity index (χ3n) is 4.91. The third-order valence-corrected chi connectivity index (χ3v) is 4.91. The first kappa shape index (κ1) is 17.0. The zero-order valence-electron chi connectivity index (χ0n) is 14.4. The number of nitrogens with zero attached hydrogens (tertiary/aromatic N) is 1. The van der Waals surface area contributed by atoms with Crippen molar-refractivity contribution in [2.75, 3.05) is 33.4 Å². The number of rotatable bonds is 3. The standard InChI is InChI=1S/C17H24N2O5/c1-4-12-13(16(21)22-3)11(2)14(18-12)15(20)19-7-5-17(6-8-19)23-9-10-24-17/h18H,4-10H2,1-3H3. The first-order chi connectivity index (χ1) is 11.5. The van der Waals surface area contributed by atoms with E-state index < -0.39 is 11.8 Å². The quantitative estimate of drug-likeness (QED) is 0.849. The van der Waals surface area contributed by atoms with Crippen LogP contribution in [0.5, 0.6) is 0 Å². The highest BCUT2D eigenvalue weighted by molar-refractivity contribution is 6.00. The van der Waals surface area contributed by atoms with Crippen molar-refractivity contribution in [2.45, 2.75) is 38.9 Å². The fourth-order valence-corrected chi connectivity index (χ4v) is 3.51. The van der Waals surface area contributed by atoms with E-state index in [9.17, 15) is 9.59 Å². The van der Waals surface area contributed by atoms with Crippen LogP contribution >= 0.6 is 0 Å². The van der Waals surface area contributed by atoms with Gasteiger partial charge in [0.05, 0.1) is 25.9 Å². The van der Waals surface area contributed by atoms with Crippen molar-refractivity contribution in [3.05, 3.63) is 22.5 Å². The molecule has 1 N–H and O–H groups in total. The number of aromatic nitrogens is 1. The van der Waals surface area contributed by atoms with Gasteiger partial charge < -0.3 is 24.1 Å². The van der Waals surface area contributed by atoms with Gasteiger partial charge in [-0.25, -0.2) is 4.79 Å². The number of aryl methyl sites for hydroxylation is 1. The third kappa shape index (κ3) is 2.82. The van der Waals surface area contributed by atoms with Crippen molar-refractivity contribution in [1.29, 1.82) is 0 Å². The molecule has 1 aromatic heterocycles. The average Bonchev–Trinajstić information content (AvgIpc) is 3.19. The number of esters is 1. The summed E-state index contributed by atoms with van der Waals surface area (Å²) in [5, 5.41) is 0. The van der Waals surface area contributed by atoms with E-state index in [4.69, 9.17) is 14.2 Å². The molecule has 24 heavy (non-hydrogen) atoms. The minimum absolute atomic E-state index is 0.0924. The SMILES string of the molecule is CCc1[nH]c(C(=O)N2CCC3(CC2)OCCO3)c(C)c1C(=O)OC. The summed E-state index contributed by atoms with van der Waals surface area (Å²) in [7, 11) is 1.35. The Morgan fingerprint density at radius 2 is 1.88 bits per heavy atom. The van der Waals surface area contributed by atoms with E-state index in [2.05, 4.69) is 4.98 Å². The monoisotopic (exact) mass is 336 g/mol. The first-order valence-corrected chi connectivity index (χ1v) is 8.38. The molecule has 2 saturated heterocycles. The Balaban J connectivity index is 1.78. The molecule has 132 valence electrons. The maximum absolute atomic E-state index is 12.9. The lowest BCUT2D eigenvalue weighted by Gasteiger charge is -2.37. The maximum atomic E-state index is 12.9. The molecule has 3 rings (SSSR count). The molecule has 1 aromatic rings. The summed E-state index contributed by atoms with van der Waals surface area (Å²) in [6.07, 6.45) is 1.97. The molecule has 0 aromatic carbocycles. The molecule has 1 spiro atoms. The van der Waals surface area contributed by atoms with Crippen LogP contribution in [-0.4, -0.2) is 61.0 Å². The molecule has 0 aliphatic carbocycles. The van der Waals surface area contributed by atoms with Gasteiger partial charge in [0, 0.05) is 31.6 Å². The van der Waals surface area contributed by atoms with Crippen LogP contribution in [0, 0.1) is 6.92 Å². The summed E-state index contributed by atoms with van der Waals surface area (Å²) in [6, 6.07) is 0. The molecule has 7 heteroatoms. The van der Waals surface area contributed by atoms with Crippen LogP contribution in [0.1, 0.15) is 51.9 Å². The molecule has 2 aliphatic heterocycles. The lowest BCUT2D eigenvalue weighted by molar-refractivity contribution is -0.181. The van der Waals surface area contributed by atoms with Crippen molar-refractivity contribution in [3.8, 4) is 0 Å². The number of likely N-dealkylation sites (tertiary alicyclic amines) is 1. The molecular formula is C17H24N2O5. The van der Waals surface area contributed by atoms with E-state index in [0.717, 1.165) is 5.69 Å². The summed E-state index contributed by atoms with van der Waals surface area (Å²) in [5.74, 6) is -1.01. The zero-order valence-corrected chi connectivity index (χ0v) is 14.4. The second-order valence-corrected chi connectivity index (χ2v) is 6.22. The Morgan fingerprint density at radius 3 is 2.42 bits per heavy atom. The van der Waals surface area contributed by atoms with Gasteiger partial charge in [-0.15, -0.1) is 0 Å². The van der Waals surface area contributed by atoms with E-state index in [0.29, 0.717) is 62.4 Å². The van der Waals surface area contributed by atoms with Crippen LogP contribution in [0.3, 0.4) is 0 Å².